The molecule has 17 heavy (non-hydrogen) atoms. The quantitative estimate of drug-likeness (QED) is 0.767. The number of benzene rings is 1. The summed E-state index contributed by atoms with van der Waals surface area (Å²) in [6.07, 6.45) is 2.19. The van der Waals surface area contributed by atoms with Crippen LogP contribution in [-0.4, -0.2) is 12.5 Å². The number of hydrogen-bond donors (Lipinski definition) is 1. The van der Waals surface area contributed by atoms with Crippen LogP contribution < -0.4 is 10.1 Å². The zero-order valence-corrected chi connectivity index (χ0v) is 10.8. The smallest absolute Gasteiger partial charge is 0.226 e. The number of unbranched alkanes of at least 4 members (excludes halogenated alkanes) is 1. The van der Waals surface area contributed by atoms with E-state index in [1.54, 1.807) is 0 Å². The molecular weight excluding hydrogens is 214 g/mol. The van der Waals surface area contributed by atoms with Gasteiger partial charge >= 0.3 is 0 Å². The number of nitrogens with one attached hydrogen (secondary N) is 1. The molecule has 1 rings (SSSR count). The van der Waals surface area contributed by atoms with Gasteiger partial charge in [0.05, 0.1) is 6.61 Å². The SMILES string of the molecule is CCCCOc1ccc(NC(=O)C(C)C)cc1. The molecule has 94 valence electrons. The van der Waals surface area contributed by atoms with E-state index < -0.39 is 0 Å². The van der Waals surface area contributed by atoms with Crippen molar-refractivity contribution in [2.24, 2.45) is 5.92 Å². The van der Waals surface area contributed by atoms with E-state index in [0.29, 0.717) is 0 Å². The normalized spacial score (nSPS) is 10.4. The Hall–Kier alpha value is -1.51. The number of carbonyl (C=O) groups excluding carboxylic acids is 1. The first-order valence-electron chi connectivity index (χ1n) is 6.17. The lowest BCUT2D eigenvalue weighted by Gasteiger charge is -2.09. The molecule has 0 aliphatic rings. The fraction of sp³-hybridized carbons (Fsp3) is 0.500. The van der Waals surface area contributed by atoms with Crippen molar-refractivity contribution in [1.29, 1.82) is 0 Å². The summed E-state index contributed by atoms with van der Waals surface area (Å²) in [4.78, 5) is 11.5. The van der Waals surface area contributed by atoms with Gasteiger partial charge in [-0.3, -0.25) is 4.79 Å². The first kappa shape index (κ1) is 13.6. The maximum absolute atomic E-state index is 11.5. The molecule has 1 aromatic rings. The molecule has 0 bridgehead atoms. The summed E-state index contributed by atoms with van der Waals surface area (Å²) >= 11 is 0. The number of ether oxygens (including phenoxy) is 1. The van der Waals surface area contributed by atoms with Gasteiger partial charge in [-0.2, -0.15) is 0 Å². The molecule has 0 aliphatic carbocycles. The van der Waals surface area contributed by atoms with Crippen molar-refractivity contribution in [3.8, 4) is 5.75 Å². The topological polar surface area (TPSA) is 38.3 Å². The van der Waals surface area contributed by atoms with Crippen LogP contribution in [0.1, 0.15) is 33.6 Å². The second kappa shape index (κ2) is 6.94. The van der Waals surface area contributed by atoms with E-state index in [1.807, 2.05) is 38.1 Å². The first-order valence-corrected chi connectivity index (χ1v) is 6.17. The van der Waals surface area contributed by atoms with Crippen molar-refractivity contribution in [1.82, 2.24) is 0 Å². The van der Waals surface area contributed by atoms with Crippen LogP contribution in [0.4, 0.5) is 5.69 Å². The summed E-state index contributed by atoms with van der Waals surface area (Å²) in [6.45, 7) is 6.62. The lowest BCUT2D eigenvalue weighted by Crippen LogP contribution is -2.17. The Bertz CT molecular complexity index is 344. The molecule has 0 heterocycles. The Labute approximate surface area is 103 Å². The maximum atomic E-state index is 11.5. The standard InChI is InChI=1S/C14H21NO2/c1-4-5-10-17-13-8-6-12(7-9-13)15-14(16)11(2)3/h6-9,11H,4-5,10H2,1-3H3,(H,15,16). The lowest BCUT2D eigenvalue weighted by atomic mass is 10.2. The fourth-order valence-corrected chi connectivity index (χ4v) is 1.26. The number of rotatable bonds is 6. The van der Waals surface area contributed by atoms with E-state index in [0.717, 1.165) is 30.9 Å². The van der Waals surface area contributed by atoms with Gasteiger partial charge in [-0.25, -0.2) is 0 Å². The highest BCUT2D eigenvalue weighted by atomic mass is 16.5. The zero-order chi connectivity index (χ0) is 12.7. The average Bonchev–Trinajstić information content (AvgIpc) is 2.31. The molecule has 0 unspecified atom stereocenters. The van der Waals surface area contributed by atoms with Gasteiger partial charge in [0.15, 0.2) is 0 Å². The minimum Gasteiger partial charge on any atom is -0.494 e. The molecule has 1 amide bonds. The van der Waals surface area contributed by atoms with Crippen LogP contribution in [0.2, 0.25) is 0 Å². The van der Waals surface area contributed by atoms with Crippen LogP contribution in [0.3, 0.4) is 0 Å². The van der Waals surface area contributed by atoms with Crippen molar-refractivity contribution in [3.63, 3.8) is 0 Å². The monoisotopic (exact) mass is 235 g/mol. The molecule has 0 spiro atoms. The second-order valence-corrected chi connectivity index (χ2v) is 4.37. The van der Waals surface area contributed by atoms with Crippen LogP contribution in [0, 0.1) is 5.92 Å². The van der Waals surface area contributed by atoms with Crippen molar-refractivity contribution >= 4 is 11.6 Å². The summed E-state index contributed by atoms with van der Waals surface area (Å²) in [6, 6.07) is 7.49. The molecule has 0 saturated heterocycles. The Balaban J connectivity index is 2.47. The predicted octanol–water partition coefficient (Wildman–Crippen LogP) is 3.46. The molecule has 3 nitrogen and oxygen atoms in total. The third-order valence-corrected chi connectivity index (χ3v) is 2.41. The molecule has 0 radical (unpaired) electrons. The summed E-state index contributed by atoms with van der Waals surface area (Å²) in [7, 11) is 0. The number of anilines is 1. The Kier molecular flexibility index (Phi) is 5.53. The van der Waals surface area contributed by atoms with E-state index >= 15 is 0 Å². The molecule has 3 heteroatoms. The summed E-state index contributed by atoms with van der Waals surface area (Å²) < 4.78 is 5.54. The molecule has 1 N–H and O–H groups in total. The highest BCUT2D eigenvalue weighted by molar-refractivity contribution is 5.92. The van der Waals surface area contributed by atoms with Gasteiger partial charge in [0, 0.05) is 11.6 Å². The van der Waals surface area contributed by atoms with Crippen molar-refractivity contribution in [3.05, 3.63) is 24.3 Å². The Morgan fingerprint density at radius 3 is 2.47 bits per heavy atom. The van der Waals surface area contributed by atoms with Crippen LogP contribution in [0.5, 0.6) is 5.75 Å². The van der Waals surface area contributed by atoms with E-state index in [1.165, 1.54) is 0 Å². The third-order valence-electron chi connectivity index (χ3n) is 2.41. The van der Waals surface area contributed by atoms with Crippen LogP contribution in [0.25, 0.3) is 0 Å². The highest BCUT2D eigenvalue weighted by Gasteiger charge is 2.06. The molecule has 0 aromatic heterocycles. The number of carbonyl (C=O) groups is 1. The van der Waals surface area contributed by atoms with Gasteiger partial charge < -0.3 is 10.1 Å². The van der Waals surface area contributed by atoms with E-state index in [4.69, 9.17) is 4.74 Å². The fourth-order valence-electron chi connectivity index (χ4n) is 1.26. The van der Waals surface area contributed by atoms with Crippen LogP contribution >= 0.6 is 0 Å². The minimum atomic E-state index is -0.00418. The highest BCUT2D eigenvalue weighted by Crippen LogP contribution is 2.16. The molecule has 0 fully saturated rings. The first-order chi connectivity index (χ1) is 8.13. The summed E-state index contributed by atoms with van der Waals surface area (Å²) in [5.74, 6) is 0.876. The molecule has 0 aliphatic heterocycles. The van der Waals surface area contributed by atoms with Crippen LogP contribution in [-0.2, 0) is 4.79 Å². The molecule has 1 aromatic carbocycles. The van der Waals surface area contributed by atoms with E-state index in [9.17, 15) is 4.79 Å². The van der Waals surface area contributed by atoms with Gasteiger partial charge in [0.1, 0.15) is 5.75 Å². The summed E-state index contributed by atoms with van der Waals surface area (Å²) in [5.41, 5.74) is 0.812. The van der Waals surface area contributed by atoms with Gasteiger partial charge in [-0.05, 0) is 30.7 Å². The Morgan fingerprint density at radius 1 is 1.29 bits per heavy atom. The van der Waals surface area contributed by atoms with Gasteiger partial charge in [-0.1, -0.05) is 27.2 Å². The predicted molar refractivity (Wildman–Crippen MR) is 70.3 cm³/mol. The third kappa shape index (κ3) is 4.89. The molecule has 0 saturated carbocycles. The maximum Gasteiger partial charge on any atom is 0.226 e. The van der Waals surface area contributed by atoms with E-state index in [2.05, 4.69) is 12.2 Å². The van der Waals surface area contributed by atoms with Crippen molar-refractivity contribution < 1.29 is 9.53 Å². The minimum absolute atomic E-state index is 0.00418. The summed E-state index contributed by atoms with van der Waals surface area (Å²) in [5, 5.41) is 2.84. The molecule has 0 atom stereocenters. The lowest BCUT2D eigenvalue weighted by molar-refractivity contribution is -0.118. The van der Waals surface area contributed by atoms with Crippen molar-refractivity contribution in [2.75, 3.05) is 11.9 Å². The largest absolute Gasteiger partial charge is 0.494 e. The van der Waals surface area contributed by atoms with Gasteiger partial charge in [0.25, 0.3) is 0 Å². The molecular formula is C14H21NO2. The second-order valence-electron chi connectivity index (χ2n) is 4.37. The number of amides is 1. The van der Waals surface area contributed by atoms with Crippen LogP contribution in [0.15, 0.2) is 24.3 Å². The van der Waals surface area contributed by atoms with Gasteiger partial charge in [-0.15, -0.1) is 0 Å². The van der Waals surface area contributed by atoms with E-state index in [-0.39, 0.29) is 11.8 Å². The van der Waals surface area contributed by atoms with Gasteiger partial charge in [0.2, 0.25) is 5.91 Å². The Morgan fingerprint density at radius 2 is 1.94 bits per heavy atom. The van der Waals surface area contributed by atoms with Crippen molar-refractivity contribution in [2.45, 2.75) is 33.6 Å². The number of hydrogen-bond acceptors (Lipinski definition) is 2. The zero-order valence-electron chi connectivity index (χ0n) is 10.8. The average molecular weight is 235 g/mol.